The summed E-state index contributed by atoms with van der Waals surface area (Å²) in [4.78, 5) is 11.2. The topological polar surface area (TPSA) is 66.8 Å². The van der Waals surface area contributed by atoms with E-state index in [1.54, 1.807) is 6.08 Å². The highest BCUT2D eigenvalue weighted by atomic mass is 16.5. The second-order valence-corrected chi connectivity index (χ2v) is 8.65. The molecule has 0 spiro atoms. The number of allylic oxidation sites excluding steroid dienone is 2. The quantitative estimate of drug-likeness (QED) is 0.591. The normalized spacial score (nSPS) is 44.9. The van der Waals surface area contributed by atoms with E-state index in [0.29, 0.717) is 0 Å². The van der Waals surface area contributed by atoms with Crippen molar-refractivity contribution in [1.29, 1.82) is 0 Å². The molecule has 4 heteroatoms. The lowest BCUT2D eigenvalue weighted by atomic mass is 9.49. The molecule has 1 saturated heterocycles. The SMILES string of the molecule is C/C=C(\C)[C@@H]1O[C@H]2C(C)=C[C@](/C=C/C(=O)O)(CO)[C@H]3C(C)=C[C@]1(C)[C@@]23C. The molecule has 0 aromatic carbocycles. The van der Waals surface area contributed by atoms with E-state index in [1.807, 2.05) is 19.9 Å². The van der Waals surface area contributed by atoms with Gasteiger partial charge < -0.3 is 14.9 Å². The molecule has 0 saturated carbocycles. The van der Waals surface area contributed by atoms with Crippen LogP contribution in [-0.4, -0.2) is 35.0 Å². The summed E-state index contributed by atoms with van der Waals surface area (Å²) in [5.41, 5.74) is 2.27. The molecule has 3 rings (SSSR count). The van der Waals surface area contributed by atoms with Crippen molar-refractivity contribution < 1.29 is 19.7 Å². The van der Waals surface area contributed by atoms with Crippen LogP contribution in [-0.2, 0) is 9.53 Å². The minimum absolute atomic E-state index is 0.0102. The van der Waals surface area contributed by atoms with Gasteiger partial charge in [-0.3, -0.25) is 0 Å². The molecule has 2 aliphatic carbocycles. The van der Waals surface area contributed by atoms with Crippen molar-refractivity contribution in [3.05, 3.63) is 47.1 Å². The number of hydrogen-bond donors (Lipinski definition) is 2. The summed E-state index contributed by atoms with van der Waals surface area (Å²) in [6.07, 6.45) is 9.20. The van der Waals surface area contributed by atoms with Crippen LogP contribution in [0, 0.1) is 22.2 Å². The summed E-state index contributed by atoms with van der Waals surface area (Å²) in [6, 6.07) is 0. The lowest BCUT2D eigenvalue weighted by Crippen LogP contribution is -2.53. The molecule has 4 nitrogen and oxygen atoms in total. The van der Waals surface area contributed by atoms with Crippen molar-refractivity contribution in [3.8, 4) is 0 Å². The van der Waals surface area contributed by atoms with Crippen LogP contribution in [0.5, 0.6) is 0 Å². The third-order valence-electron chi connectivity index (χ3n) is 7.23. The number of hydrogen-bond acceptors (Lipinski definition) is 3. The van der Waals surface area contributed by atoms with E-state index in [9.17, 15) is 9.90 Å². The fourth-order valence-corrected chi connectivity index (χ4v) is 6.14. The van der Waals surface area contributed by atoms with E-state index in [4.69, 9.17) is 9.84 Å². The largest absolute Gasteiger partial charge is 0.478 e. The van der Waals surface area contributed by atoms with Crippen molar-refractivity contribution in [3.63, 3.8) is 0 Å². The molecule has 1 aliphatic heterocycles. The van der Waals surface area contributed by atoms with Crippen LogP contribution in [0.4, 0.5) is 0 Å². The minimum atomic E-state index is -0.996. The summed E-state index contributed by atoms with van der Waals surface area (Å²) >= 11 is 0. The molecule has 0 aromatic heterocycles. The zero-order chi connectivity index (χ0) is 19.5. The molecule has 26 heavy (non-hydrogen) atoms. The van der Waals surface area contributed by atoms with E-state index < -0.39 is 11.4 Å². The second kappa shape index (κ2) is 5.93. The Kier molecular flexibility index (Phi) is 4.36. The average molecular weight is 358 g/mol. The summed E-state index contributed by atoms with van der Waals surface area (Å²) in [5.74, 6) is -1.01. The van der Waals surface area contributed by atoms with Gasteiger partial charge in [-0.1, -0.05) is 43.7 Å². The molecule has 2 N–H and O–H groups in total. The Morgan fingerprint density at radius 1 is 1.27 bits per heavy atom. The molecule has 0 aromatic rings. The first-order chi connectivity index (χ1) is 12.1. The Balaban J connectivity index is 2.24. The first-order valence-corrected chi connectivity index (χ1v) is 9.27. The number of carboxylic acid groups (broad SMARTS) is 1. The molecule has 0 amide bonds. The third-order valence-corrected chi connectivity index (χ3v) is 7.23. The predicted octanol–water partition coefficient (Wildman–Crippen LogP) is 3.89. The number of aliphatic carboxylic acids is 1. The molecule has 142 valence electrons. The number of aliphatic hydroxyl groups excluding tert-OH is 1. The van der Waals surface area contributed by atoms with Crippen molar-refractivity contribution in [2.24, 2.45) is 22.2 Å². The molecule has 1 fully saturated rings. The average Bonchev–Trinajstić information content (AvgIpc) is 2.93. The Hall–Kier alpha value is -1.65. The number of rotatable bonds is 4. The van der Waals surface area contributed by atoms with Gasteiger partial charge >= 0.3 is 5.97 Å². The predicted molar refractivity (Wildman–Crippen MR) is 102 cm³/mol. The van der Waals surface area contributed by atoms with E-state index >= 15 is 0 Å². The van der Waals surface area contributed by atoms with Gasteiger partial charge in [0.05, 0.1) is 18.8 Å². The number of carbonyl (C=O) groups is 1. The van der Waals surface area contributed by atoms with Crippen LogP contribution < -0.4 is 0 Å². The molecule has 1 heterocycles. The van der Waals surface area contributed by atoms with Crippen LogP contribution in [0.1, 0.15) is 41.5 Å². The molecule has 3 aliphatic rings. The van der Waals surface area contributed by atoms with Gasteiger partial charge in [-0.15, -0.1) is 0 Å². The van der Waals surface area contributed by atoms with Gasteiger partial charge in [0.15, 0.2) is 0 Å². The lowest BCUT2D eigenvalue weighted by molar-refractivity contribution is -0.131. The molecule has 0 radical (unpaired) electrons. The maximum Gasteiger partial charge on any atom is 0.328 e. The fraction of sp³-hybridized carbons (Fsp3) is 0.591. The van der Waals surface area contributed by atoms with Crippen LogP contribution >= 0.6 is 0 Å². The molecular formula is C22H30O4. The van der Waals surface area contributed by atoms with Crippen molar-refractivity contribution in [1.82, 2.24) is 0 Å². The molecule has 0 unspecified atom stereocenters. The highest BCUT2D eigenvalue weighted by molar-refractivity contribution is 5.80. The first kappa shape index (κ1) is 19.1. The minimum Gasteiger partial charge on any atom is -0.478 e. The standard InChI is InChI=1S/C22H30O4/c1-7-13(2)18-20(5)10-14(3)17-21(20,6)19(26-18)15(4)11-22(17,12-23)9-8-16(24)25/h7-11,17-19,23H,12H2,1-6H3,(H,24,25)/b9-8+,13-7+/t17-,18-,19-,20-,21+,22+/m0/s1. The smallest absolute Gasteiger partial charge is 0.328 e. The van der Waals surface area contributed by atoms with E-state index in [0.717, 1.165) is 11.6 Å². The van der Waals surface area contributed by atoms with Gasteiger partial charge in [-0.25, -0.2) is 4.79 Å². The Morgan fingerprint density at radius 3 is 2.46 bits per heavy atom. The van der Waals surface area contributed by atoms with Gasteiger partial charge in [0.1, 0.15) is 0 Å². The van der Waals surface area contributed by atoms with E-state index in [-0.39, 0.29) is 35.6 Å². The number of carboxylic acids is 1. The van der Waals surface area contributed by atoms with Crippen LogP contribution in [0.25, 0.3) is 0 Å². The van der Waals surface area contributed by atoms with Crippen LogP contribution in [0.3, 0.4) is 0 Å². The van der Waals surface area contributed by atoms with E-state index in [2.05, 4.69) is 39.8 Å². The Bertz CT molecular complexity index is 758. The summed E-state index contributed by atoms with van der Waals surface area (Å²) in [7, 11) is 0. The summed E-state index contributed by atoms with van der Waals surface area (Å²) < 4.78 is 6.58. The molecule has 6 atom stereocenters. The molecule has 0 bridgehead atoms. The van der Waals surface area contributed by atoms with Gasteiger partial charge in [0.25, 0.3) is 0 Å². The second-order valence-electron chi connectivity index (χ2n) is 8.65. The zero-order valence-electron chi connectivity index (χ0n) is 16.5. The van der Waals surface area contributed by atoms with Gasteiger partial charge in [0.2, 0.25) is 0 Å². The lowest BCUT2D eigenvalue weighted by Gasteiger charge is -2.52. The van der Waals surface area contributed by atoms with Crippen molar-refractivity contribution >= 4 is 5.97 Å². The summed E-state index contributed by atoms with van der Waals surface area (Å²) in [5, 5.41) is 19.5. The van der Waals surface area contributed by atoms with Crippen molar-refractivity contribution in [2.75, 3.05) is 6.61 Å². The maximum absolute atomic E-state index is 11.2. The highest BCUT2D eigenvalue weighted by Gasteiger charge is 2.71. The van der Waals surface area contributed by atoms with Gasteiger partial charge in [0, 0.05) is 28.2 Å². The maximum atomic E-state index is 11.2. The highest BCUT2D eigenvalue weighted by Crippen LogP contribution is 2.71. The van der Waals surface area contributed by atoms with Crippen molar-refractivity contribution in [2.45, 2.75) is 53.8 Å². The summed E-state index contributed by atoms with van der Waals surface area (Å²) in [6.45, 7) is 12.6. The first-order valence-electron chi connectivity index (χ1n) is 9.27. The molecular weight excluding hydrogens is 328 g/mol. The zero-order valence-corrected chi connectivity index (χ0v) is 16.5. The van der Waals surface area contributed by atoms with E-state index in [1.165, 1.54) is 11.1 Å². The Labute approximate surface area is 155 Å². The van der Waals surface area contributed by atoms with Crippen LogP contribution in [0.15, 0.2) is 47.1 Å². The monoisotopic (exact) mass is 358 g/mol. The van der Waals surface area contributed by atoms with Gasteiger partial charge in [-0.2, -0.15) is 0 Å². The van der Waals surface area contributed by atoms with Crippen LogP contribution in [0.2, 0.25) is 0 Å². The number of ether oxygens (including phenoxy) is 1. The van der Waals surface area contributed by atoms with Gasteiger partial charge in [-0.05, 0) is 38.8 Å². The Morgan fingerprint density at radius 2 is 1.92 bits per heavy atom. The fourth-order valence-electron chi connectivity index (χ4n) is 6.14. The number of aliphatic hydroxyl groups is 1. The third kappa shape index (κ3) is 2.18.